The molecule has 1 atom stereocenters. The van der Waals surface area contributed by atoms with Gasteiger partial charge in [-0.25, -0.2) is 4.79 Å². The lowest BCUT2D eigenvalue weighted by atomic mass is 9.92. The Kier molecular flexibility index (Phi) is 12.4. The fourth-order valence-corrected chi connectivity index (χ4v) is 6.28. The predicted octanol–water partition coefficient (Wildman–Crippen LogP) is 7.31. The van der Waals surface area contributed by atoms with Crippen molar-refractivity contribution in [1.82, 2.24) is 4.90 Å². The first kappa shape index (κ1) is 38.8. The van der Waals surface area contributed by atoms with E-state index in [1.807, 2.05) is 36.9 Å². The van der Waals surface area contributed by atoms with Crippen LogP contribution in [0.4, 0.5) is 11.4 Å². The molecular formula is C42H49N3O8. The molecule has 1 aliphatic rings. The van der Waals surface area contributed by atoms with Gasteiger partial charge in [0.05, 0.1) is 37.1 Å². The van der Waals surface area contributed by atoms with Gasteiger partial charge in [-0.3, -0.25) is 19.3 Å². The average Bonchev–Trinajstić information content (AvgIpc) is 3.13. The van der Waals surface area contributed by atoms with E-state index in [-0.39, 0.29) is 25.6 Å². The molecule has 0 saturated heterocycles. The number of rotatable bonds is 16. The third-order valence-electron chi connectivity index (χ3n) is 8.70. The van der Waals surface area contributed by atoms with Gasteiger partial charge in [-0.2, -0.15) is 0 Å². The molecular weight excluding hydrogens is 674 g/mol. The van der Waals surface area contributed by atoms with Crippen LogP contribution in [0.25, 0.3) is 10.8 Å². The van der Waals surface area contributed by atoms with Crippen molar-refractivity contribution < 1.29 is 38.5 Å². The zero-order valence-corrected chi connectivity index (χ0v) is 31.4. The Morgan fingerprint density at radius 3 is 2.28 bits per heavy atom. The van der Waals surface area contributed by atoms with Crippen molar-refractivity contribution in [3.63, 3.8) is 0 Å². The Bertz CT molecular complexity index is 1950. The molecule has 1 aliphatic heterocycles. The zero-order valence-electron chi connectivity index (χ0n) is 31.4. The van der Waals surface area contributed by atoms with E-state index in [0.29, 0.717) is 69.8 Å². The monoisotopic (exact) mass is 723 g/mol. The molecule has 0 saturated carbocycles. The number of aliphatic hydroxyl groups excluding tert-OH is 1. The Balaban J connectivity index is 1.33. The summed E-state index contributed by atoms with van der Waals surface area (Å²) in [7, 11) is 0. The summed E-state index contributed by atoms with van der Waals surface area (Å²) in [6.45, 7) is 12.9. The third kappa shape index (κ3) is 9.15. The van der Waals surface area contributed by atoms with Crippen LogP contribution in [0.5, 0.6) is 5.75 Å². The van der Waals surface area contributed by atoms with Crippen LogP contribution in [0.3, 0.4) is 0 Å². The van der Waals surface area contributed by atoms with Crippen LogP contribution in [-0.4, -0.2) is 72.2 Å². The molecule has 4 aromatic carbocycles. The van der Waals surface area contributed by atoms with Crippen LogP contribution in [0, 0.1) is 0 Å². The van der Waals surface area contributed by atoms with Gasteiger partial charge in [0.2, 0.25) is 0 Å². The van der Waals surface area contributed by atoms with E-state index in [4.69, 9.17) is 14.2 Å². The van der Waals surface area contributed by atoms with Gasteiger partial charge in [-0.1, -0.05) is 44.2 Å². The molecule has 11 heteroatoms. The van der Waals surface area contributed by atoms with Crippen LogP contribution in [0.1, 0.15) is 103 Å². The summed E-state index contributed by atoms with van der Waals surface area (Å²) in [4.78, 5) is 55.5. The smallest absolute Gasteiger partial charge is 0.338 e. The highest BCUT2D eigenvalue weighted by molar-refractivity contribution is 6.26. The Morgan fingerprint density at radius 1 is 0.906 bits per heavy atom. The largest absolute Gasteiger partial charge is 0.491 e. The molecule has 4 aromatic rings. The average molecular weight is 724 g/mol. The van der Waals surface area contributed by atoms with E-state index in [0.717, 1.165) is 18.5 Å². The van der Waals surface area contributed by atoms with Crippen molar-refractivity contribution in [3.8, 4) is 5.75 Å². The molecule has 5 rings (SSSR count). The van der Waals surface area contributed by atoms with Crippen molar-refractivity contribution >= 4 is 45.9 Å². The topological polar surface area (TPSA) is 135 Å². The second kappa shape index (κ2) is 16.9. The SMILES string of the molecule is CCCOc1cc(C(O)CNc2ccc3c4c(cccc24)C(=O)N(Cc2ccc(C(=O)OC(C)(C)C)cc2)C3=O)ccc1N(CCC)CC(=O)OCC. The summed E-state index contributed by atoms with van der Waals surface area (Å²) in [5, 5.41) is 15.9. The molecule has 0 radical (unpaired) electrons. The Morgan fingerprint density at radius 2 is 1.62 bits per heavy atom. The molecule has 11 nitrogen and oxygen atoms in total. The minimum atomic E-state index is -0.927. The van der Waals surface area contributed by atoms with Gasteiger partial charge in [0.1, 0.15) is 17.9 Å². The summed E-state index contributed by atoms with van der Waals surface area (Å²) < 4.78 is 16.7. The van der Waals surface area contributed by atoms with E-state index in [2.05, 4.69) is 5.32 Å². The van der Waals surface area contributed by atoms with Crippen LogP contribution in [-0.2, 0) is 20.8 Å². The Hall–Kier alpha value is -5.42. The molecule has 0 spiro atoms. The second-order valence-electron chi connectivity index (χ2n) is 14.0. The van der Waals surface area contributed by atoms with Gasteiger partial charge in [0.15, 0.2) is 0 Å². The lowest BCUT2D eigenvalue weighted by molar-refractivity contribution is -0.141. The molecule has 2 amide bonds. The molecule has 1 unspecified atom stereocenters. The fourth-order valence-electron chi connectivity index (χ4n) is 6.28. The molecule has 0 aliphatic carbocycles. The number of hydrogen-bond acceptors (Lipinski definition) is 10. The first-order valence-electron chi connectivity index (χ1n) is 18.2. The number of ether oxygens (including phenoxy) is 3. The molecule has 2 N–H and O–H groups in total. The molecule has 0 aromatic heterocycles. The summed E-state index contributed by atoms with van der Waals surface area (Å²) >= 11 is 0. The van der Waals surface area contributed by atoms with E-state index in [1.54, 1.807) is 82.3 Å². The van der Waals surface area contributed by atoms with Gasteiger partial charge in [0, 0.05) is 40.7 Å². The van der Waals surface area contributed by atoms with Crippen LogP contribution in [0.15, 0.2) is 72.8 Å². The normalized spacial score (nSPS) is 13.2. The molecule has 280 valence electrons. The van der Waals surface area contributed by atoms with Crippen LogP contribution < -0.4 is 15.0 Å². The predicted molar refractivity (Wildman–Crippen MR) is 205 cm³/mol. The van der Waals surface area contributed by atoms with Crippen molar-refractivity contribution in [2.45, 2.75) is 72.6 Å². The standard InChI is InChI=1S/C42H49N3O8/c1-7-21-44(26-37(47)51-9-3)34-20-17-29(23-36(34)52-22-8-2)35(46)24-43-33-19-18-32-38-30(33)11-10-12-31(38)39(48)45(40(32)49)25-27-13-15-28(16-14-27)41(50)53-42(4,5)6/h10-20,23,35,43,46H,7-9,21-22,24-26H2,1-6H3. The number of amides is 2. The minimum absolute atomic E-state index is 0.0378. The van der Waals surface area contributed by atoms with Gasteiger partial charge >= 0.3 is 11.9 Å². The Labute approximate surface area is 310 Å². The van der Waals surface area contributed by atoms with Crippen molar-refractivity contribution in [2.24, 2.45) is 0 Å². The number of benzene rings is 4. The number of imide groups is 1. The van der Waals surface area contributed by atoms with E-state index >= 15 is 0 Å². The zero-order chi connectivity index (χ0) is 38.3. The number of anilines is 2. The van der Waals surface area contributed by atoms with Gasteiger partial charge in [-0.15, -0.1) is 0 Å². The molecule has 0 fully saturated rings. The fraction of sp³-hybridized carbons (Fsp3) is 0.381. The number of carbonyl (C=O) groups is 4. The van der Waals surface area contributed by atoms with Crippen LogP contribution in [0.2, 0.25) is 0 Å². The van der Waals surface area contributed by atoms with E-state index < -0.39 is 29.5 Å². The first-order chi connectivity index (χ1) is 25.3. The van der Waals surface area contributed by atoms with Gasteiger partial charge in [-0.05, 0) is 94.1 Å². The third-order valence-corrected chi connectivity index (χ3v) is 8.70. The summed E-state index contributed by atoms with van der Waals surface area (Å²) in [5.74, 6) is -1.03. The number of carbonyl (C=O) groups excluding carboxylic acids is 4. The minimum Gasteiger partial charge on any atom is -0.491 e. The number of nitrogens with one attached hydrogen (secondary N) is 1. The lowest BCUT2D eigenvalue weighted by Crippen LogP contribution is -2.39. The second-order valence-corrected chi connectivity index (χ2v) is 14.0. The van der Waals surface area contributed by atoms with E-state index in [9.17, 15) is 24.3 Å². The van der Waals surface area contributed by atoms with Crippen molar-refractivity contribution in [2.75, 3.05) is 43.1 Å². The van der Waals surface area contributed by atoms with Gasteiger partial charge in [0.25, 0.3) is 11.8 Å². The number of aliphatic hydroxyl groups is 1. The highest BCUT2D eigenvalue weighted by atomic mass is 16.6. The number of nitrogens with zero attached hydrogens (tertiary/aromatic N) is 2. The summed E-state index contributed by atoms with van der Waals surface area (Å²) in [6, 6.07) is 21.0. The highest BCUT2D eigenvalue weighted by Gasteiger charge is 2.33. The summed E-state index contributed by atoms with van der Waals surface area (Å²) in [5.41, 5.74) is 3.29. The first-order valence-corrected chi connectivity index (χ1v) is 18.2. The van der Waals surface area contributed by atoms with Gasteiger partial charge < -0.3 is 29.5 Å². The number of esters is 2. The highest BCUT2D eigenvalue weighted by Crippen LogP contribution is 2.36. The maximum Gasteiger partial charge on any atom is 0.338 e. The molecule has 53 heavy (non-hydrogen) atoms. The lowest BCUT2D eigenvalue weighted by Gasteiger charge is -2.28. The van der Waals surface area contributed by atoms with Crippen molar-refractivity contribution in [1.29, 1.82) is 0 Å². The van der Waals surface area contributed by atoms with Crippen molar-refractivity contribution in [3.05, 3.63) is 101 Å². The summed E-state index contributed by atoms with van der Waals surface area (Å²) in [6.07, 6.45) is 0.676. The van der Waals surface area contributed by atoms with Crippen LogP contribution >= 0.6 is 0 Å². The number of hydrogen-bond donors (Lipinski definition) is 2. The van der Waals surface area contributed by atoms with E-state index in [1.165, 1.54) is 4.90 Å². The quantitative estimate of drug-likeness (QED) is 0.0896. The maximum atomic E-state index is 13.8. The molecule has 1 heterocycles. The molecule has 0 bridgehead atoms. The maximum absolute atomic E-state index is 13.8.